The van der Waals surface area contributed by atoms with Crippen molar-refractivity contribution in [2.24, 2.45) is 11.8 Å². The Bertz CT molecular complexity index is 859. The number of ether oxygens (including phenoxy) is 4. The molecule has 0 N–H and O–H groups in total. The molecule has 2 saturated heterocycles. The summed E-state index contributed by atoms with van der Waals surface area (Å²) in [5, 5.41) is 0. The number of hydrogen-bond acceptors (Lipinski definition) is 8. The van der Waals surface area contributed by atoms with E-state index in [1.165, 1.54) is 193 Å². The van der Waals surface area contributed by atoms with E-state index in [1.807, 2.05) is 0 Å². The third kappa shape index (κ3) is 38.9. The molecule has 0 saturated carbocycles. The number of piperazine rings is 1. The molecule has 0 aromatic rings. The van der Waals surface area contributed by atoms with Crippen LogP contribution < -0.4 is 0 Å². The van der Waals surface area contributed by atoms with E-state index in [2.05, 4.69) is 44.5 Å². The Morgan fingerprint density at radius 3 is 1.24 bits per heavy atom. The highest BCUT2D eigenvalue weighted by Crippen LogP contribution is 2.35. The average Bonchev–Trinajstić information content (AvgIpc) is 3.68. The molecule has 1 atom stereocenters. The largest absolute Gasteiger partial charge is 0.385 e. The van der Waals surface area contributed by atoms with E-state index in [1.54, 1.807) is 14.2 Å². The second kappa shape index (κ2) is 47.6. The van der Waals surface area contributed by atoms with Crippen molar-refractivity contribution in [3.8, 4) is 0 Å². The maximum Gasteiger partial charge on any atom is 0.168 e. The van der Waals surface area contributed by atoms with Crippen LogP contribution in [0.15, 0.2) is 0 Å². The lowest BCUT2D eigenvalue weighted by atomic mass is 9.93. The second-order valence-electron chi connectivity index (χ2n) is 19.5. The molecule has 2 rings (SSSR count). The lowest BCUT2D eigenvalue weighted by Crippen LogP contribution is -2.47. The quantitative estimate of drug-likeness (QED) is 0.0443. The Balaban J connectivity index is 0.00000113. The molecule has 2 aliphatic heterocycles. The van der Waals surface area contributed by atoms with E-state index < -0.39 is 0 Å². The van der Waals surface area contributed by atoms with Gasteiger partial charge in [0, 0.05) is 85.8 Å². The van der Waals surface area contributed by atoms with Gasteiger partial charge in [0.15, 0.2) is 5.79 Å². The summed E-state index contributed by atoms with van der Waals surface area (Å²) in [5.74, 6) is 1.02. The van der Waals surface area contributed by atoms with Crippen molar-refractivity contribution in [3.63, 3.8) is 0 Å². The zero-order chi connectivity index (χ0) is 46.3. The molecule has 1 unspecified atom stereocenters. The number of likely N-dealkylation sites (N-methyl/N-ethyl adjacent to an activating group) is 1. The van der Waals surface area contributed by atoms with E-state index in [-0.39, 0.29) is 11.9 Å². The van der Waals surface area contributed by atoms with E-state index in [0.717, 1.165) is 90.8 Å². The number of aldehydes is 2. The van der Waals surface area contributed by atoms with Gasteiger partial charge in [0.25, 0.3) is 0 Å². The summed E-state index contributed by atoms with van der Waals surface area (Å²) in [6, 6.07) is 0. The summed E-state index contributed by atoms with van der Waals surface area (Å²) in [5.41, 5.74) is 0. The lowest BCUT2D eigenvalue weighted by Gasteiger charge is -2.34. The van der Waals surface area contributed by atoms with Crippen molar-refractivity contribution < 1.29 is 28.5 Å². The summed E-state index contributed by atoms with van der Waals surface area (Å²) in [6.07, 6.45) is 44.8. The van der Waals surface area contributed by atoms with Crippen molar-refractivity contribution in [1.82, 2.24) is 9.80 Å². The van der Waals surface area contributed by atoms with Gasteiger partial charge in [-0.25, -0.2) is 0 Å². The van der Waals surface area contributed by atoms with Gasteiger partial charge in [-0.3, -0.25) is 4.90 Å². The van der Waals surface area contributed by atoms with Crippen LogP contribution in [0.1, 0.15) is 246 Å². The first-order chi connectivity index (χ1) is 30.9. The van der Waals surface area contributed by atoms with Crippen molar-refractivity contribution in [2.45, 2.75) is 258 Å². The number of rotatable bonds is 42. The van der Waals surface area contributed by atoms with Gasteiger partial charge >= 0.3 is 0 Å². The predicted octanol–water partition coefficient (Wildman–Crippen LogP) is 14.6. The van der Waals surface area contributed by atoms with Gasteiger partial charge in [0.2, 0.25) is 0 Å². The van der Waals surface area contributed by atoms with Gasteiger partial charge in [0.05, 0.1) is 12.7 Å². The second-order valence-corrected chi connectivity index (χ2v) is 19.5. The minimum Gasteiger partial charge on any atom is -0.385 e. The molecule has 0 aromatic heterocycles. The molecule has 0 bridgehead atoms. The predicted molar refractivity (Wildman–Crippen MR) is 270 cm³/mol. The van der Waals surface area contributed by atoms with Gasteiger partial charge in [-0.15, -0.1) is 0 Å². The van der Waals surface area contributed by atoms with Gasteiger partial charge < -0.3 is 33.4 Å². The topological polar surface area (TPSA) is 77.5 Å². The van der Waals surface area contributed by atoms with Crippen LogP contribution >= 0.6 is 0 Å². The molecule has 0 aromatic carbocycles. The number of nitrogens with zero attached hydrogens (tertiary/aromatic N) is 2. The van der Waals surface area contributed by atoms with E-state index >= 15 is 0 Å². The first kappa shape index (κ1) is 62.1. The van der Waals surface area contributed by atoms with Gasteiger partial charge in [0.1, 0.15) is 12.6 Å². The first-order valence-electron chi connectivity index (χ1n) is 27.4. The number of hydrogen-bond donors (Lipinski definition) is 0. The Labute approximate surface area is 393 Å². The molecule has 376 valence electrons. The summed E-state index contributed by atoms with van der Waals surface area (Å²) in [7, 11) is 5.81. The lowest BCUT2D eigenvalue weighted by molar-refractivity contribution is -0.181. The van der Waals surface area contributed by atoms with Crippen LogP contribution in [0.5, 0.6) is 0 Å². The average molecular weight is 895 g/mol. The molecule has 2 heterocycles. The minimum atomic E-state index is -0.325. The van der Waals surface area contributed by atoms with Crippen LogP contribution in [-0.2, 0) is 28.5 Å². The standard InChI is InChI=1S/C29H58N2O4.2C13H26O/c1-30-20-22-31(23-21-30)26-28-27-34-29(35-28,18-14-10-6-4-8-12-16-24-32-2)19-15-11-7-5-9-13-17-25-33-3;2*1-3-5-7-9-13(11-12-14)10-8-6-4-2/h28H,4-27H2,1-3H3;2*12-13H,3-11H2,1-2H3. The van der Waals surface area contributed by atoms with Crippen molar-refractivity contribution >= 4 is 12.6 Å². The molecular formula is C55H110N2O6. The zero-order valence-electron chi connectivity index (χ0n) is 43.4. The van der Waals surface area contributed by atoms with Crippen molar-refractivity contribution in [3.05, 3.63) is 0 Å². The summed E-state index contributed by atoms with van der Waals surface area (Å²) in [4.78, 5) is 25.9. The van der Waals surface area contributed by atoms with Crippen LogP contribution in [0.2, 0.25) is 0 Å². The fourth-order valence-corrected chi connectivity index (χ4v) is 9.23. The first-order valence-corrected chi connectivity index (χ1v) is 27.4. The van der Waals surface area contributed by atoms with Gasteiger partial charge in [-0.1, -0.05) is 195 Å². The molecule has 0 radical (unpaired) electrons. The third-order valence-electron chi connectivity index (χ3n) is 13.5. The van der Waals surface area contributed by atoms with Crippen molar-refractivity contribution in [1.29, 1.82) is 0 Å². The summed E-state index contributed by atoms with van der Waals surface area (Å²) < 4.78 is 23.5. The summed E-state index contributed by atoms with van der Waals surface area (Å²) in [6.45, 7) is 17.1. The number of unbranched alkanes of at least 4 members (excludes halogenated alkanes) is 20. The molecule has 0 spiro atoms. The normalized spacial score (nSPS) is 16.6. The fourth-order valence-electron chi connectivity index (χ4n) is 9.23. The minimum absolute atomic E-state index is 0.236. The maximum atomic E-state index is 10.5. The highest BCUT2D eigenvalue weighted by molar-refractivity contribution is 5.49. The molecule has 8 nitrogen and oxygen atoms in total. The van der Waals surface area contributed by atoms with Crippen LogP contribution in [0, 0.1) is 11.8 Å². The highest BCUT2D eigenvalue weighted by atomic mass is 16.7. The number of carbonyl (C=O) groups is 2. The van der Waals surface area contributed by atoms with Crippen LogP contribution in [0.3, 0.4) is 0 Å². The van der Waals surface area contributed by atoms with Gasteiger partial charge in [-0.2, -0.15) is 0 Å². The number of carbonyl (C=O) groups excluding carboxylic acids is 2. The van der Waals surface area contributed by atoms with Crippen LogP contribution in [-0.4, -0.2) is 108 Å². The van der Waals surface area contributed by atoms with Gasteiger partial charge in [-0.05, 0) is 44.6 Å². The SMILES string of the molecule is CCCCCC(CC=O)CCCCC.CCCCCC(CC=O)CCCCC.COCCCCCCCCCC1(CCCCCCCCCOC)OCC(CN2CCN(C)CC2)O1. The Kier molecular flexibility index (Phi) is 46.9. The Morgan fingerprint density at radius 2 is 0.889 bits per heavy atom. The van der Waals surface area contributed by atoms with E-state index in [4.69, 9.17) is 18.9 Å². The molecule has 2 fully saturated rings. The molecule has 2 aliphatic rings. The molecule has 8 heteroatoms. The molecule has 0 amide bonds. The fraction of sp³-hybridized carbons (Fsp3) is 0.964. The van der Waals surface area contributed by atoms with Crippen molar-refractivity contribution in [2.75, 3.05) is 73.8 Å². The van der Waals surface area contributed by atoms with Crippen LogP contribution in [0.4, 0.5) is 0 Å². The van der Waals surface area contributed by atoms with E-state index in [0.29, 0.717) is 11.8 Å². The third-order valence-corrected chi connectivity index (χ3v) is 13.5. The zero-order valence-corrected chi connectivity index (χ0v) is 43.4. The smallest absolute Gasteiger partial charge is 0.168 e. The Morgan fingerprint density at radius 1 is 0.524 bits per heavy atom. The van der Waals surface area contributed by atoms with E-state index in [9.17, 15) is 9.59 Å². The summed E-state index contributed by atoms with van der Waals surface area (Å²) >= 11 is 0. The molecule has 63 heavy (non-hydrogen) atoms. The van der Waals surface area contributed by atoms with Crippen LogP contribution in [0.25, 0.3) is 0 Å². The Hall–Kier alpha value is -0.900. The number of methoxy groups -OCH3 is 2. The maximum absolute atomic E-state index is 10.5. The highest BCUT2D eigenvalue weighted by Gasteiger charge is 2.41. The monoisotopic (exact) mass is 895 g/mol. The molecular weight excluding hydrogens is 785 g/mol. The molecule has 0 aliphatic carbocycles.